The molecule has 31 heavy (non-hydrogen) atoms. The third kappa shape index (κ3) is 4.03. The Hall–Kier alpha value is -2.90. The van der Waals surface area contributed by atoms with Gasteiger partial charge in [0.15, 0.2) is 5.69 Å². The van der Waals surface area contributed by atoms with Crippen molar-refractivity contribution in [2.24, 2.45) is 0 Å². The lowest BCUT2D eigenvalue weighted by Gasteiger charge is -2.36. The summed E-state index contributed by atoms with van der Waals surface area (Å²) in [5.74, 6) is -0.0710. The van der Waals surface area contributed by atoms with Gasteiger partial charge in [-0.2, -0.15) is 0 Å². The minimum atomic E-state index is -0.132. The van der Waals surface area contributed by atoms with E-state index < -0.39 is 0 Å². The van der Waals surface area contributed by atoms with Crippen LogP contribution < -0.4 is 4.90 Å². The molecule has 0 aliphatic carbocycles. The molecule has 160 valence electrons. The Labute approximate surface area is 186 Å². The topological polar surface area (TPSA) is 63.5 Å². The number of carbonyl (C=O) groups is 1. The summed E-state index contributed by atoms with van der Waals surface area (Å²) in [6, 6.07) is 16.1. The van der Waals surface area contributed by atoms with Crippen molar-refractivity contribution < 1.29 is 9.53 Å². The Morgan fingerprint density at radius 2 is 1.74 bits per heavy atom. The highest BCUT2D eigenvalue weighted by Crippen LogP contribution is 2.28. The van der Waals surface area contributed by atoms with Crippen LogP contribution in [0.2, 0.25) is 5.02 Å². The van der Waals surface area contributed by atoms with E-state index >= 15 is 0 Å². The molecule has 0 unspecified atom stereocenters. The van der Waals surface area contributed by atoms with Crippen LogP contribution in [-0.4, -0.2) is 52.0 Å². The van der Waals surface area contributed by atoms with Crippen LogP contribution in [0.1, 0.15) is 33.4 Å². The zero-order valence-electron chi connectivity index (χ0n) is 17.4. The largest absolute Gasteiger partial charge is 0.368 e. The molecule has 7 nitrogen and oxygen atoms in total. The third-order valence-electron chi connectivity index (χ3n) is 6.01. The molecule has 3 heterocycles. The number of amides is 1. The van der Waals surface area contributed by atoms with Crippen LogP contribution in [0.15, 0.2) is 48.5 Å². The number of anilines is 1. The minimum absolute atomic E-state index is 0.0710. The molecule has 1 saturated heterocycles. The van der Waals surface area contributed by atoms with E-state index in [1.807, 2.05) is 29.2 Å². The highest BCUT2D eigenvalue weighted by Gasteiger charge is 2.31. The van der Waals surface area contributed by atoms with Gasteiger partial charge in [-0.1, -0.05) is 46.6 Å². The zero-order chi connectivity index (χ0) is 21.4. The van der Waals surface area contributed by atoms with E-state index in [0.29, 0.717) is 37.0 Å². The van der Waals surface area contributed by atoms with Crippen molar-refractivity contribution in [3.8, 4) is 0 Å². The highest BCUT2D eigenvalue weighted by atomic mass is 35.5. The Balaban J connectivity index is 1.24. The van der Waals surface area contributed by atoms with Gasteiger partial charge in [0.25, 0.3) is 5.91 Å². The second-order valence-corrected chi connectivity index (χ2v) is 8.47. The molecule has 2 aromatic carbocycles. The average molecular weight is 438 g/mol. The minimum Gasteiger partial charge on any atom is -0.368 e. The van der Waals surface area contributed by atoms with Crippen LogP contribution in [0.25, 0.3) is 0 Å². The molecule has 0 N–H and O–H groups in total. The maximum absolute atomic E-state index is 13.1. The van der Waals surface area contributed by atoms with Gasteiger partial charge >= 0.3 is 0 Å². The van der Waals surface area contributed by atoms with Crippen molar-refractivity contribution in [3.05, 3.63) is 76.1 Å². The molecular weight excluding hydrogens is 414 g/mol. The van der Waals surface area contributed by atoms with Crippen LogP contribution in [-0.2, 0) is 17.9 Å². The molecule has 1 aromatic heterocycles. The number of piperazine rings is 1. The molecule has 2 aliphatic rings. The van der Waals surface area contributed by atoms with Crippen LogP contribution in [0.3, 0.4) is 0 Å². The first-order valence-electron chi connectivity index (χ1n) is 10.5. The lowest BCUT2D eigenvalue weighted by atomic mass is 10.1. The Bertz CT molecular complexity index is 1070. The first kappa shape index (κ1) is 20.0. The third-order valence-corrected chi connectivity index (χ3v) is 6.26. The molecule has 1 atom stereocenters. The fraction of sp³-hybridized carbons (Fsp3) is 0.348. The van der Waals surface area contributed by atoms with Crippen LogP contribution in [0.5, 0.6) is 0 Å². The van der Waals surface area contributed by atoms with Crippen molar-refractivity contribution in [2.75, 3.05) is 31.1 Å². The Morgan fingerprint density at radius 3 is 2.45 bits per heavy atom. The van der Waals surface area contributed by atoms with Gasteiger partial charge in [0.1, 0.15) is 6.10 Å². The molecule has 1 amide bonds. The van der Waals surface area contributed by atoms with E-state index in [1.54, 1.807) is 4.68 Å². The van der Waals surface area contributed by atoms with Crippen molar-refractivity contribution in [2.45, 2.75) is 26.2 Å². The molecule has 1 fully saturated rings. The van der Waals surface area contributed by atoms with Gasteiger partial charge in [0, 0.05) is 36.9 Å². The van der Waals surface area contributed by atoms with E-state index in [2.05, 4.69) is 46.4 Å². The second kappa shape index (κ2) is 8.32. The number of carbonyl (C=O) groups excluding carboxylic acids is 1. The van der Waals surface area contributed by atoms with E-state index in [0.717, 1.165) is 24.3 Å². The number of fused-ring (bicyclic) bond motifs is 1. The second-order valence-electron chi connectivity index (χ2n) is 8.03. The summed E-state index contributed by atoms with van der Waals surface area (Å²) in [6.07, 6.45) is -0.132. The summed E-state index contributed by atoms with van der Waals surface area (Å²) in [7, 11) is 0. The quantitative estimate of drug-likeness (QED) is 0.627. The van der Waals surface area contributed by atoms with Crippen molar-refractivity contribution in [3.63, 3.8) is 0 Å². The summed E-state index contributed by atoms with van der Waals surface area (Å²) in [5.41, 5.74) is 4.62. The van der Waals surface area contributed by atoms with E-state index in [9.17, 15) is 4.79 Å². The zero-order valence-corrected chi connectivity index (χ0v) is 18.1. The monoisotopic (exact) mass is 437 g/mol. The molecular formula is C23H24ClN5O2. The van der Waals surface area contributed by atoms with Gasteiger partial charge in [-0.25, -0.2) is 4.68 Å². The molecule has 0 saturated carbocycles. The molecule has 8 heteroatoms. The maximum Gasteiger partial charge on any atom is 0.276 e. The predicted octanol–water partition coefficient (Wildman–Crippen LogP) is 3.47. The highest BCUT2D eigenvalue weighted by molar-refractivity contribution is 6.30. The predicted molar refractivity (Wildman–Crippen MR) is 118 cm³/mol. The number of ether oxygens (including phenoxy) is 1. The summed E-state index contributed by atoms with van der Waals surface area (Å²) in [6.45, 7) is 5.84. The number of benzene rings is 2. The van der Waals surface area contributed by atoms with E-state index in [4.69, 9.17) is 16.3 Å². The lowest BCUT2D eigenvalue weighted by molar-refractivity contribution is -0.00196. The molecule has 0 spiro atoms. The normalized spacial score (nSPS) is 18.7. The average Bonchev–Trinajstić information content (AvgIpc) is 3.23. The van der Waals surface area contributed by atoms with Crippen molar-refractivity contribution in [1.29, 1.82) is 0 Å². The summed E-state index contributed by atoms with van der Waals surface area (Å²) < 4.78 is 7.82. The molecule has 3 aromatic rings. The fourth-order valence-electron chi connectivity index (χ4n) is 4.13. The number of hydrogen-bond acceptors (Lipinski definition) is 5. The number of halogens is 1. The van der Waals surface area contributed by atoms with Gasteiger partial charge in [-0.15, -0.1) is 5.10 Å². The Morgan fingerprint density at radius 1 is 1.03 bits per heavy atom. The van der Waals surface area contributed by atoms with Crippen LogP contribution in [0.4, 0.5) is 5.69 Å². The number of rotatable bonds is 3. The van der Waals surface area contributed by atoms with Crippen molar-refractivity contribution in [1.82, 2.24) is 19.9 Å². The summed E-state index contributed by atoms with van der Waals surface area (Å²) >= 11 is 5.98. The molecule has 2 aliphatic heterocycles. The summed E-state index contributed by atoms with van der Waals surface area (Å²) in [5, 5.41) is 9.14. The van der Waals surface area contributed by atoms with Crippen LogP contribution >= 0.6 is 11.6 Å². The number of aryl methyl sites for hydroxylation is 1. The number of nitrogens with zero attached hydrogens (tertiary/aromatic N) is 5. The van der Waals surface area contributed by atoms with E-state index in [-0.39, 0.29) is 12.0 Å². The summed E-state index contributed by atoms with van der Waals surface area (Å²) in [4.78, 5) is 17.3. The standard InChI is InChI=1S/C23H24ClN5O2/c1-16-2-8-19(9-3-16)27-10-12-28(13-11-27)23(30)22-20-15-31-21(14-29(20)26-25-22)17-4-6-18(24)7-5-17/h2-9,21H,10-15H2,1H3/t21-/m1/s1. The SMILES string of the molecule is Cc1ccc(N2CCN(C(=O)c3nnn4c3CO[C@@H](c3ccc(Cl)cc3)C4)CC2)cc1. The first-order valence-corrected chi connectivity index (χ1v) is 10.9. The van der Waals surface area contributed by atoms with Gasteiger partial charge in [0.2, 0.25) is 0 Å². The molecule has 0 bridgehead atoms. The fourth-order valence-corrected chi connectivity index (χ4v) is 4.26. The Kier molecular flexibility index (Phi) is 5.38. The van der Waals surface area contributed by atoms with Gasteiger partial charge in [-0.3, -0.25) is 4.79 Å². The number of aromatic nitrogens is 3. The lowest BCUT2D eigenvalue weighted by Crippen LogP contribution is -2.49. The van der Waals surface area contributed by atoms with Crippen LogP contribution in [0, 0.1) is 6.92 Å². The van der Waals surface area contributed by atoms with Gasteiger partial charge in [-0.05, 0) is 36.8 Å². The smallest absolute Gasteiger partial charge is 0.276 e. The maximum atomic E-state index is 13.1. The van der Waals surface area contributed by atoms with Gasteiger partial charge in [0.05, 0.1) is 18.8 Å². The molecule has 0 radical (unpaired) electrons. The van der Waals surface area contributed by atoms with Gasteiger partial charge < -0.3 is 14.5 Å². The van der Waals surface area contributed by atoms with Crippen molar-refractivity contribution >= 4 is 23.2 Å². The first-order chi connectivity index (χ1) is 15.1. The van der Waals surface area contributed by atoms with E-state index in [1.165, 1.54) is 11.3 Å². The number of hydrogen-bond donors (Lipinski definition) is 0. The molecule has 5 rings (SSSR count).